The number of ketones is 1. The Kier molecular flexibility index (Phi) is 6.09. The van der Waals surface area contributed by atoms with Crippen molar-refractivity contribution in [1.82, 2.24) is 0 Å². The SMILES string of the molecule is Cc1ccc(C(=O)CCC(=O)OCCCC#N)s1. The lowest BCUT2D eigenvalue weighted by molar-refractivity contribution is -0.143. The van der Waals surface area contributed by atoms with E-state index >= 15 is 0 Å². The zero-order valence-corrected chi connectivity index (χ0v) is 11.1. The third-order valence-electron chi connectivity index (χ3n) is 2.27. The Morgan fingerprint density at radius 3 is 2.78 bits per heavy atom. The number of hydrogen-bond acceptors (Lipinski definition) is 5. The fourth-order valence-corrected chi connectivity index (χ4v) is 2.17. The number of aryl methyl sites for hydroxylation is 1. The zero-order valence-electron chi connectivity index (χ0n) is 10.3. The predicted molar refractivity (Wildman–Crippen MR) is 68.4 cm³/mol. The Morgan fingerprint density at radius 1 is 1.39 bits per heavy atom. The highest BCUT2D eigenvalue weighted by molar-refractivity contribution is 7.14. The van der Waals surface area contributed by atoms with E-state index in [4.69, 9.17) is 10.00 Å². The predicted octanol–water partition coefficient (Wildman–Crippen LogP) is 2.87. The molecule has 1 aromatic heterocycles. The highest BCUT2D eigenvalue weighted by Gasteiger charge is 2.11. The van der Waals surface area contributed by atoms with Gasteiger partial charge >= 0.3 is 5.97 Å². The molecule has 0 atom stereocenters. The quantitative estimate of drug-likeness (QED) is 0.432. The average Bonchev–Trinajstić information content (AvgIpc) is 2.78. The van der Waals surface area contributed by atoms with Crippen molar-refractivity contribution in [2.24, 2.45) is 0 Å². The fraction of sp³-hybridized carbons (Fsp3) is 0.462. The lowest BCUT2D eigenvalue weighted by Gasteiger charge is -2.02. The molecular weight excluding hydrogens is 250 g/mol. The van der Waals surface area contributed by atoms with Crippen molar-refractivity contribution in [1.29, 1.82) is 5.26 Å². The maximum absolute atomic E-state index is 11.7. The van der Waals surface area contributed by atoms with E-state index in [9.17, 15) is 9.59 Å². The molecule has 0 saturated heterocycles. The Morgan fingerprint density at radius 2 is 2.17 bits per heavy atom. The second-order valence-electron chi connectivity index (χ2n) is 3.82. The van der Waals surface area contributed by atoms with Crippen LogP contribution in [0.4, 0.5) is 0 Å². The largest absolute Gasteiger partial charge is 0.466 e. The first-order valence-electron chi connectivity index (χ1n) is 5.75. The summed E-state index contributed by atoms with van der Waals surface area (Å²) < 4.78 is 4.90. The fourth-order valence-electron chi connectivity index (χ4n) is 1.33. The van der Waals surface area contributed by atoms with Crippen molar-refractivity contribution >= 4 is 23.1 Å². The van der Waals surface area contributed by atoms with Gasteiger partial charge in [0.1, 0.15) is 0 Å². The van der Waals surface area contributed by atoms with E-state index in [0.717, 1.165) is 4.88 Å². The van der Waals surface area contributed by atoms with Gasteiger partial charge in [-0.2, -0.15) is 5.26 Å². The summed E-state index contributed by atoms with van der Waals surface area (Å²) in [4.78, 5) is 24.8. The van der Waals surface area contributed by atoms with Crippen LogP contribution in [0.5, 0.6) is 0 Å². The lowest BCUT2D eigenvalue weighted by Crippen LogP contribution is -2.08. The molecule has 5 heteroatoms. The number of ether oxygens (including phenoxy) is 1. The zero-order chi connectivity index (χ0) is 13.4. The Balaban J connectivity index is 2.22. The van der Waals surface area contributed by atoms with E-state index < -0.39 is 0 Å². The molecule has 0 unspecified atom stereocenters. The van der Waals surface area contributed by atoms with Gasteiger partial charge in [-0.3, -0.25) is 9.59 Å². The summed E-state index contributed by atoms with van der Waals surface area (Å²) in [5.41, 5.74) is 0. The molecule has 1 heterocycles. The van der Waals surface area contributed by atoms with E-state index in [-0.39, 0.29) is 31.2 Å². The third kappa shape index (κ3) is 5.11. The Bertz CT molecular complexity index is 459. The molecule has 0 fully saturated rings. The van der Waals surface area contributed by atoms with Gasteiger partial charge in [0.15, 0.2) is 5.78 Å². The first kappa shape index (κ1) is 14.4. The summed E-state index contributed by atoms with van der Waals surface area (Å²) in [6.07, 6.45) is 1.19. The van der Waals surface area contributed by atoms with Gasteiger partial charge < -0.3 is 4.74 Å². The van der Waals surface area contributed by atoms with Crippen LogP contribution in [0.2, 0.25) is 0 Å². The van der Waals surface area contributed by atoms with Crippen molar-refractivity contribution in [2.45, 2.75) is 32.6 Å². The number of nitrogens with zero attached hydrogens (tertiary/aromatic N) is 1. The van der Waals surface area contributed by atoms with Gasteiger partial charge in [0.2, 0.25) is 0 Å². The van der Waals surface area contributed by atoms with Gasteiger partial charge in [-0.1, -0.05) is 0 Å². The second-order valence-corrected chi connectivity index (χ2v) is 5.10. The van der Waals surface area contributed by atoms with Crippen LogP contribution in [0.25, 0.3) is 0 Å². The normalized spacial score (nSPS) is 9.78. The maximum Gasteiger partial charge on any atom is 0.306 e. The molecule has 0 aliphatic rings. The first-order chi connectivity index (χ1) is 8.63. The van der Waals surface area contributed by atoms with Gasteiger partial charge in [0.25, 0.3) is 0 Å². The van der Waals surface area contributed by atoms with Crippen LogP contribution in [-0.2, 0) is 9.53 Å². The van der Waals surface area contributed by atoms with Crippen LogP contribution < -0.4 is 0 Å². The standard InChI is InChI=1S/C13H15NO3S/c1-10-4-6-12(18-10)11(15)5-7-13(16)17-9-3-2-8-14/h4,6H,2-3,5,7,9H2,1H3. The van der Waals surface area contributed by atoms with E-state index in [1.807, 2.05) is 19.1 Å². The van der Waals surface area contributed by atoms with Crippen molar-refractivity contribution in [2.75, 3.05) is 6.61 Å². The summed E-state index contributed by atoms with van der Waals surface area (Å²) in [6.45, 7) is 2.18. The van der Waals surface area contributed by atoms with Crippen LogP contribution >= 0.6 is 11.3 Å². The van der Waals surface area contributed by atoms with Crippen LogP contribution in [0.3, 0.4) is 0 Å². The number of esters is 1. The summed E-state index contributed by atoms with van der Waals surface area (Å²) in [7, 11) is 0. The Labute approximate surface area is 110 Å². The number of thiophene rings is 1. The first-order valence-corrected chi connectivity index (χ1v) is 6.57. The molecule has 1 rings (SSSR count). The lowest BCUT2D eigenvalue weighted by atomic mass is 10.2. The molecule has 0 saturated carbocycles. The molecular formula is C13H15NO3S. The summed E-state index contributed by atoms with van der Waals surface area (Å²) in [6, 6.07) is 5.64. The van der Waals surface area contributed by atoms with Gasteiger partial charge in [0.05, 0.1) is 24.0 Å². The van der Waals surface area contributed by atoms with Crippen molar-refractivity contribution in [3.63, 3.8) is 0 Å². The number of carbonyl (C=O) groups excluding carboxylic acids is 2. The number of hydrogen-bond donors (Lipinski definition) is 0. The summed E-state index contributed by atoms with van der Waals surface area (Å²) in [5.74, 6) is -0.406. The molecule has 18 heavy (non-hydrogen) atoms. The average molecular weight is 265 g/mol. The van der Waals surface area contributed by atoms with Crippen molar-refractivity contribution in [3.8, 4) is 6.07 Å². The van der Waals surface area contributed by atoms with Gasteiger partial charge in [0, 0.05) is 17.7 Å². The molecule has 0 bridgehead atoms. The molecule has 0 amide bonds. The monoisotopic (exact) mass is 265 g/mol. The van der Waals surface area contributed by atoms with E-state index in [2.05, 4.69) is 0 Å². The number of nitriles is 1. The van der Waals surface area contributed by atoms with Crippen LogP contribution in [0.15, 0.2) is 12.1 Å². The minimum absolute atomic E-state index is 0.0259. The minimum atomic E-state index is -0.380. The van der Waals surface area contributed by atoms with Crippen LogP contribution in [0, 0.1) is 18.3 Å². The summed E-state index contributed by atoms with van der Waals surface area (Å²) >= 11 is 1.43. The molecule has 0 aromatic carbocycles. The Hall–Kier alpha value is -1.67. The number of carbonyl (C=O) groups is 2. The molecule has 0 spiro atoms. The van der Waals surface area contributed by atoms with Gasteiger partial charge in [-0.15, -0.1) is 11.3 Å². The van der Waals surface area contributed by atoms with Gasteiger partial charge in [-0.05, 0) is 25.5 Å². The van der Waals surface area contributed by atoms with Crippen molar-refractivity contribution in [3.05, 3.63) is 21.9 Å². The smallest absolute Gasteiger partial charge is 0.306 e. The second kappa shape index (κ2) is 7.62. The third-order valence-corrected chi connectivity index (χ3v) is 3.31. The maximum atomic E-state index is 11.7. The topological polar surface area (TPSA) is 67.2 Å². The van der Waals surface area contributed by atoms with E-state index in [1.165, 1.54) is 11.3 Å². The number of unbranched alkanes of at least 4 members (excludes halogenated alkanes) is 1. The van der Waals surface area contributed by atoms with E-state index in [0.29, 0.717) is 17.7 Å². The molecule has 4 nitrogen and oxygen atoms in total. The highest BCUT2D eigenvalue weighted by Crippen LogP contribution is 2.17. The van der Waals surface area contributed by atoms with Crippen molar-refractivity contribution < 1.29 is 14.3 Å². The minimum Gasteiger partial charge on any atom is -0.466 e. The molecule has 1 aromatic rings. The molecule has 0 aliphatic carbocycles. The van der Waals surface area contributed by atoms with Crippen LogP contribution in [0.1, 0.15) is 40.2 Å². The highest BCUT2D eigenvalue weighted by atomic mass is 32.1. The number of rotatable bonds is 7. The molecule has 0 radical (unpaired) electrons. The molecule has 96 valence electrons. The van der Waals surface area contributed by atoms with Crippen LogP contribution in [-0.4, -0.2) is 18.4 Å². The molecule has 0 N–H and O–H groups in total. The molecule has 0 aliphatic heterocycles. The number of Topliss-reactive ketones (excluding diaryl/α,β-unsaturated/α-hetero) is 1. The summed E-state index contributed by atoms with van der Waals surface area (Å²) in [5, 5.41) is 8.30. The van der Waals surface area contributed by atoms with E-state index in [1.54, 1.807) is 6.07 Å². The van der Waals surface area contributed by atoms with Gasteiger partial charge in [-0.25, -0.2) is 0 Å².